The summed E-state index contributed by atoms with van der Waals surface area (Å²) in [5, 5.41) is 8.97. The van der Waals surface area contributed by atoms with E-state index in [0.29, 0.717) is 11.5 Å². The number of nitrogens with two attached hydrogens (primary N) is 1. The first-order valence-electron chi connectivity index (χ1n) is 3.39. The number of rotatable bonds is 1. The Morgan fingerprint density at radius 1 is 1.42 bits per heavy atom. The van der Waals surface area contributed by atoms with Gasteiger partial charge in [-0.3, -0.25) is 5.73 Å². The van der Waals surface area contributed by atoms with Crippen LogP contribution in [0.5, 0.6) is 0 Å². The van der Waals surface area contributed by atoms with Gasteiger partial charge in [-0.25, -0.2) is 20.0 Å². The summed E-state index contributed by atoms with van der Waals surface area (Å²) in [6.07, 6.45) is 2.63. The molecular weight excluding hydrogens is 158 g/mol. The molecule has 0 radical (unpaired) electrons. The largest absolute Gasteiger partial charge is 0.392 e. The first-order chi connectivity index (χ1) is 5.76. The van der Waals surface area contributed by atoms with Gasteiger partial charge < -0.3 is 5.11 Å². The van der Waals surface area contributed by atoms with Gasteiger partial charge in [0.2, 0.25) is 0 Å². The maximum atomic E-state index is 8.97. The van der Waals surface area contributed by atoms with Crippen molar-refractivity contribution in [3.63, 3.8) is 0 Å². The van der Waals surface area contributed by atoms with Crippen molar-refractivity contribution in [2.24, 2.45) is 25.7 Å². The lowest BCUT2D eigenvalue weighted by Crippen LogP contribution is -2.53. The third-order valence-electron chi connectivity index (χ3n) is 1.70. The quantitative estimate of drug-likeness (QED) is 0.497. The number of hydrogen-bond acceptors (Lipinski definition) is 6. The number of fused-ring (bicyclic) bond motifs is 1. The van der Waals surface area contributed by atoms with E-state index >= 15 is 0 Å². The molecule has 0 aromatic rings. The molecule has 2 aliphatic heterocycles. The van der Waals surface area contributed by atoms with E-state index in [0.717, 1.165) is 0 Å². The standard InChI is InChI=1S/C6H7N5O/c7-6(1-12)4-5(9-2-8-4)10-3-11-6/h2-3,12H,1,7H2. The second-order valence-electron chi connectivity index (χ2n) is 2.50. The van der Waals surface area contributed by atoms with Crippen molar-refractivity contribution >= 4 is 24.2 Å². The highest BCUT2D eigenvalue weighted by Crippen LogP contribution is 2.13. The molecule has 2 heterocycles. The highest BCUT2D eigenvalue weighted by Gasteiger charge is 2.36. The lowest BCUT2D eigenvalue weighted by Gasteiger charge is -2.23. The molecule has 0 amide bonds. The molecule has 6 nitrogen and oxygen atoms in total. The van der Waals surface area contributed by atoms with Gasteiger partial charge in [-0.15, -0.1) is 0 Å². The predicted octanol–water partition coefficient (Wildman–Crippen LogP) is -1.44. The minimum Gasteiger partial charge on any atom is -0.392 e. The SMILES string of the molecule is NC1(CO)N=CN=C2N=CN=C21. The molecule has 0 saturated carbocycles. The van der Waals surface area contributed by atoms with Gasteiger partial charge in [0.25, 0.3) is 0 Å². The van der Waals surface area contributed by atoms with Crippen molar-refractivity contribution in [1.82, 2.24) is 0 Å². The number of aliphatic hydroxyl groups is 1. The summed E-state index contributed by atoms with van der Waals surface area (Å²) in [4.78, 5) is 15.4. The Hall–Kier alpha value is -1.40. The molecule has 1 unspecified atom stereocenters. The Labute approximate surface area is 68.3 Å². The lowest BCUT2D eigenvalue weighted by atomic mass is 10.1. The highest BCUT2D eigenvalue weighted by atomic mass is 16.3. The van der Waals surface area contributed by atoms with Crippen LogP contribution in [0.25, 0.3) is 0 Å². The third-order valence-corrected chi connectivity index (χ3v) is 1.70. The number of aliphatic hydroxyl groups excluding tert-OH is 1. The summed E-state index contributed by atoms with van der Waals surface area (Å²) in [7, 11) is 0. The van der Waals surface area contributed by atoms with Gasteiger partial charge in [-0.05, 0) is 0 Å². The normalized spacial score (nSPS) is 31.5. The van der Waals surface area contributed by atoms with Crippen LogP contribution in [0.1, 0.15) is 0 Å². The summed E-state index contributed by atoms with van der Waals surface area (Å²) in [5.74, 6) is 0.432. The zero-order valence-corrected chi connectivity index (χ0v) is 6.18. The van der Waals surface area contributed by atoms with E-state index in [4.69, 9.17) is 10.8 Å². The molecule has 0 aromatic heterocycles. The van der Waals surface area contributed by atoms with Crippen molar-refractivity contribution < 1.29 is 5.11 Å². The minimum atomic E-state index is -1.16. The Bertz CT molecular complexity index is 329. The van der Waals surface area contributed by atoms with Crippen LogP contribution in [0, 0.1) is 0 Å². The predicted molar refractivity (Wildman–Crippen MR) is 45.9 cm³/mol. The topological polar surface area (TPSA) is 95.7 Å². The number of hydrogen-bond donors (Lipinski definition) is 2. The van der Waals surface area contributed by atoms with E-state index in [-0.39, 0.29) is 6.61 Å². The van der Waals surface area contributed by atoms with E-state index in [1.165, 1.54) is 12.7 Å². The van der Waals surface area contributed by atoms with Crippen LogP contribution in [-0.2, 0) is 0 Å². The molecule has 0 aromatic carbocycles. The average Bonchev–Trinajstić information content (AvgIpc) is 2.54. The summed E-state index contributed by atoms with van der Waals surface area (Å²) < 4.78 is 0. The molecule has 0 saturated heterocycles. The summed E-state index contributed by atoms with van der Waals surface area (Å²) in [5.41, 5.74) is 4.97. The van der Waals surface area contributed by atoms with Crippen LogP contribution < -0.4 is 5.73 Å². The van der Waals surface area contributed by atoms with E-state index in [9.17, 15) is 0 Å². The highest BCUT2D eigenvalue weighted by molar-refractivity contribution is 6.50. The molecule has 62 valence electrons. The Morgan fingerprint density at radius 3 is 3.00 bits per heavy atom. The van der Waals surface area contributed by atoms with Crippen LogP contribution in [0.15, 0.2) is 20.0 Å². The Kier molecular flexibility index (Phi) is 1.39. The smallest absolute Gasteiger partial charge is 0.180 e. The molecule has 2 rings (SSSR count). The van der Waals surface area contributed by atoms with Gasteiger partial charge in [0.05, 0.1) is 6.61 Å². The number of aliphatic imine (C=N–C) groups is 4. The van der Waals surface area contributed by atoms with Gasteiger partial charge in [0, 0.05) is 0 Å². The average molecular weight is 165 g/mol. The van der Waals surface area contributed by atoms with Gasteiger partial charge in [-0.2, -0.15) is 0 Å². The molecule has 1 atom stereocenters. The number of amidine groups is 1. The molecule has 0 aliphatic carbocycles. The van der Waals surface area contributed by atoms with E-state index < -0.39 is 5.66 Å². The molecule has 0 fully saturated rings. The van der Waals surface area contributed by atoms with Crippen LogP contribution >= 0.6 is 0 Å². The van der Waals surface area contributed by atoms with Gasteiger partial charge in [0.15, 0.2) is 11.5 Å². The fraction of sp³-hybridized carbons (Fsp3) is 0.333. The zero-order chi connectivity index (χ0) is 8.60. The molecule has 6 heteroatoms. The third kappa shape index (κ3) is 0.821. The van der Waals surface area contributed by atoms with Crippen LogP contribution in [0.4, 0.5) is 0 Å². The zero-order valence-electron chi connectivity index (χ0n) is 6.18. The van der Waals surface area contributed by atoms with E-state index in [1.807, 2.05) is 0 Å². The van der Waals surface area contributed by atoms with Crippen LogP contribution in [0.3, 0.4) is 0 Å². The van der Waals surface area contributed by atoms with Crippen molar-refractivity contribution in [3.05, 3.63) is 0 Å². The maximum absolute atomic E-state index is 8.97. The Morgan fingerprint density at radius 2 is 2.25 bits per heavy atom. The van der Waals surface area contributed by atoms with Crippen LogP contribution in [-0.4, -0.2) is 41.6 Å². The second kappa shape index (κ2) is 2.29. The lowest BCUT2D eigenvalue weighted by molar-refractivity contribution is 0.244. The second-order valence-corrected chi connectivity index (χ2v) is 2.50. The molecule has 3 N–H and O–H groups in total. The fourth-order valence-corrected chi connectivity index (χ4v) is 1.02. The number of nitrogens with zero attached hydrogens (tertiary/aromatic N) is 4. The van der Waals surface area contributed by atoms with E-state index in [1.54, 1.807) is 0 Å². The molecule has 0 spiro atoms. The summed E-state index contributed by atoms with van der Waals surface area (Å²) in [6, 6.07) is 0. The monoisotopic (exact) mass is 165 g/mol. The van der Waals surface area contributed by atoms with E-state index in [2.05, 4.69) is 20.0 Å². The van der Waals surface area contributed by atoms with Crippen molar-refractivity contribution in [2.75, 3.05) is 6.61 Å². The molecule has 2 aliphatic rings. The minimum absolute atomic E-state index is 0.301. The van der Waals surface area contributed by atoms with Crippen LogP contribution in [0.2, 0.25) is 0 Å². The molecule has 0 bridgehead atoms. The molecular formula is C6H7N5O. The van der Waals surface area contributed by atoms with Crippen molar-refractivity contribution in [2.45, 2.75) is 5.66 Å². The Balaban J connectivity index is 2.45. The van der Waals surface area contributed by atoms with Gasteiger partial charge in [0.1, 0.15) is 18.4 Å². The van der Waals surface area contributed by atoms with Crippen molar-refractivity contribution in [3.8, 4) is 0 Å². The van der Waals surface area contributed by atoms with Gasteiger partial charge in [-0.1, -0.05) is 0 Å². The van der Waals surface area contributed by atoms with Crippen molar-refractivity contribution in [1.29, 1.82) is 0 Å². The molecule has 12 heavy (non-hydrogen) atoms. The maximum Gasteiger partial charge on any atom is 0.180 e. The fourth-order valence-electron chi connectivity index (χ4n) is 1.02. The summed E-state index contributed by atoms with van der Waals surface area (Å²) >= 11 is 0. The summed E-state index contributed by atoms with van der Waals surface area (Å²) in [6.45, 7) is -0.301. The first-order valence-corrected chi connectivity index (χ1v) is 3.39. The first kappa shape index (κ1) is 7.26. The van der Waals surface area contributed by atoms with Gasteiger partial charge >= 0.3 is 0 Å².